The van der Waals surface area contributed by atoms with Gasteiger partial charge in [0.1, 0.15) is 6.61 Å². The summed E-state index contributed by atoms with van der Waals surface area (Å²) in [4.78, 5) is 16.5. The summed E-state index contributed by atoms with van der Waals surface area (Å²) < 4.78 is 5.33. The second-order valence-electron chi connectivity index (χ2n) is 4.23. The molecule has 0 bridgehead atoms. The number of ether oxygens (including phenoxy) is 1. The third-order valence-electron chi connectivity index (χ3n) is 1.50. The van der Waals surface area contributed by atoms with Gasteiger partial charge in [0, 0.05) is 11.1 Å². The Morgan fingerprint density at radius 2 is 2.27 bits per heavy atom. The number of nitrogens with zero attached hydrogens (tertiary/aromatic N) is 1. The molecule has 0 aromatic carbocycles. The Morgan fingerprint density at radius 3 is 2.73 bits per heavy atom. The predicted molar refractivity (Wildman–Crippen MR) is 61.2 cm³/mol. The number of thiazole rings is 1. The third-order valence-corrected chi connectivity index (χ3v) is 2.33. The van der Waals surface area contributed by atoms with E-state index in [0.717, 1.165) is 4.88 Å². The van der Waals surface area contributed by atoms with Crippen molar-refractivity contribution in [2.75, 3.05) is 11.9 Å². The lowest BCUT2D eigenvalue weighted by atomic mass is 10.2. The molecule has 0 unspecified atom stereocenters. The Balaban J connectivity index is 2.37. The summed E-state index contributed by atoms with van der Waals surface area (Å²) in [5, 5.41) is 3.30. The summed E-state index contributed by atoms with van der Waals surface area (Å²) in [6, 6.07) is 0. The Morgan fingerprint density at radius 1 is 1.60 bits per heavy atom. The number of hydrogen-bond acceptors (Lipinski definition) is 4. The number of carbonyl (C=O) groups excluding carboxylic acids is 1. The van der Waals surface area contributed by atoms with Crippen LogP contribution in [0.4, 0.5) is 5.13 Å². The molecule has 0 aliphatic rings. The first-order chi connectivity index (χ1) is 6.87. The molecule has 0 aliphatic carbocycles. The van der Waals surface area contributed by atoms with Gasteiger partial charge in [-0.05, 0) is 27.7 Å². The minimum Gasteiger partial charge on any atom is -0.366 e. The van der Waals surface area contributed by atoms with Crippen molar-refractivity contribution in [1.82, 2.24) is 4.98 Å². The van der Waals surface area contributed by atoms with Gasteiger partial charge in [-0.1, -0.05) is 0 Å². The maximum Gasteiger partial charge on any atom is 0.252 e. The van der Waals surface area contributed by atoms with Gasteiger partial charge in [0.2, 0.25) is 0 Å². The van der Waals surface area contributed by atoms with Gasteiger partial charge in [0.25, 0.3) is 5.91 Å². The van der Waals surface area contributed by atoms with Crippen molar-refractivity contribution in [3.8, 4) is 0 Å². The number of nitrogens with one attached hydrogen (secondary N) is 1. The fraction of sp³-hybridized carbons (Fsp3) is 0.600. The van der Waals surface area contributed by atoms with E-state index in [1.165, 1.54) is 11.3 Å². The van der Waals surface area contributed by atoms with Gasteiger partial charge < -0.3 is 4.74 Å². The highest BCUT2D eigenvalue weighted by Crippen LogP contribution is 2.16. The van der Waals surface area contributed by atoms with Gasteiger partial charge in [-0.3, -0.25) is 10.1 Å². The summed E-state index contributed by atoms with van der Waals surface area (Å²) >= 11 is 1.45. The zero-order chi connectivity index (χ0) is 11.5. The molecule has 5 heteroatoms. The molecule has 1 aromatic rings. The van der Waals surface area contributed by atoms with Crippen LogP contribution in [0.3, 0.4) is 0 Å². The molecule has 84 valence electrons. The van der Waals surface area contributed by atoms with E-state index in [-0.39, 0.29) is 18.1 Å². The average Bonchev–Trinajstić information content (AvgIpc) is 2.47. The molecule has 1 aromatic heterocycles. The zero-order valence-corrected chi connectivity index (χ0v) is 10.3. The van der Waals surface area contributed by atoms with E-state index in [1.807, 2.05) is 27.7 Å². The number of anilines is 1. The van der Waals surface area contributed by atoms with Crippen LogP contribution >= 0.6 is 11.3 Å². The van der Waals surface area contributed by atoms with Crippen LogP contribution < -0.4 is 5.32 Å². The molecule has 0 aliphatic heterocycles. The highest BCUT2D eigenvalue weighted by Gasteiger charge is 2.13. The summed E-state index contributed by atoms with van der Waals surface area (Å²) in [5.74, 6) is -0.167. The van der Waals surface area contributed by atoms with Crippen molar-refractivity contribution >= 4 is 22.4 Å². The van der Waals surface area contributed by atoms with E-state index in [4.69, 9.17) is 4.74 Å². The predicted octanol–water partition coefficient (Wildman–Crippen LogP) is 2.21. The Labute approximate surface area is 93.7 Å². The van der Waals surface area contributed by atoms with Crippen molar-refractivity contribution in [2.24, 2.45) is 0 Å². The summed E-state index contributed by atoms with van der Waals surface area (Å²) in [7, 11) is 0. The molecule has 0 spiro atoms. The molecule has 1 N–H and O–H groups in total. The topological polar surface area (TPSA) is 51.2 Å². The summed E-state index contributed by atoms with van der Waals surface area (Å²) in [5.41, 5.74) is -0.296. The van der Waals surface area contributed by atoms with Gasteiger partial charge in [-0.25, -0.2) is 4.98 Å². The molecule has 0 saturated heterocycles. The van der Waals surface area contributed by atoms with Crippen LogP contribution in [0.1, 0.15) is 25.6 Å². The summed E-state index contributed by atoms with van der Waals surface area (Å²) in [6.07, 6.45) is 1.73. The molecule has 1 heterocycles. The molecule has 0 atom stereocenters. The number of rotatable bonds is 3. The molecule has 0 saturated carbocycles. The van der Waals surface area contributed by atoms with Crippen LogP contribution in [0.2, 0.25) is 0 Å². The summed E-state index contributed by atoms with van der Waals surface area (Å²) in [6.45, 7) is 7.73. The van der Waals surface area contributed by atoms with E-state index >= 15 is 0 Å². The average molecular weight is 228 g/mol. The van der Waals surface area contributed by atoms with Crippen LogP contribution in [-0.2, 0) is 9.53 Å². The Bertz CT molecular complexity index is 341. The lowest BCUT2D eigenvalue weighted by molar-refractivity contribution is -0.125. The second kappa shape index (κ2) is 4.72. The largest absolute Gasteiger partial charge is 0.366 e. The van der Waals surface area contributed by atoms with Gasteiger partial charge in [0.15, 0.2) is 5.13 Å². The number of hydrogen-bond donors (Lipinski definition) is 1. The van der Waals surface area contributed by atoms with Gasteiger partial charge in [-0.2, -0.15) is 0 Å². The van der Waals surface area contributed by atoms with E-state index in [0.29, 0.717) is 5.13 Å². The highest BCUT2D eigenvalue weighted by atomic mass is 32.1. The quantitative estimate of drug-likeness (QED) is 0.863. The van der Waals surface area contributed by atoms with Crippen LogP contribution in [0.25, 0.3) is 0 Å². The van der Waals surface area contributed by atoms with Crippen molar-refractivity contribution in [1.29, 1.82) is 0 Å². The van der Waals surface area contributed by atoms with E-state index in [9.17, 15) is 4.79 Å². The van der Waals surface area contributed by atoms with Crippen molar-refractivity contribution in [3.05, 3.63) is 11.1 Å². The first-order valence-corrected chi connectivity index (χ1v) is 5.55. The minimum atomic E-state index is -0.296. The number of aryl methyl sites for hydroxylation is 1. The normalized spacial score (nSPS) is 11.5. The van der Waals surface area contributed by atoms with Crippen molar-refractivity contribution in [3.63, 3.8) is 0 Å². The Hall–Kier alpha value is -0.940. The van der Waals surface area contributed by atoms with Crippen LogP contribution in [0, 0.1) is 6.92 Å². The SMILES string of the molecule is Cc1cnc(NC(=O)COC(C)(C)C)s1. The molecular weight excluding hydrogens is 212 g/mol. The maximum atomic E-state index is 11.4. The smallest absolute Gasteiger partial charge is 0.252 e. The fourth-order valence-electron chi connectivity index (χ4n) is 0.850. The lowest BCUT2D eigenvalue weighted by Crippen LogP contribution is -2.27. The van der Waals surface area contributed by atoms with Crippen molar-refractivity contribution < 1.29 is 9.53 Å². The van der Waals surface area contributed by atoms with Crippen LogP contribution in [0.15, 0.2) is 6.20 Å². The second-order valence-corrected chi connectivity index (χ2v) is 5.46. The first kappa shape index (κ1) is 12.1. The first-order valence-electron chi connectivity index (χ1n) is 4.73. The highest BCUT2D eigenvalue weighted by molar-refractivity contribution is 7.15. The van der Waals surface area contributed by atoms with Crippen LogP contribution in [0.5, 0.6) is 0 Å². The molecule has 15 heavy (non-hydrogen) atoms. The number of aromatic nitrogens is 1. The molecule has 1 rings (SSSR count). The molecular formula is C10H16N2O2S. The van der Waals surface area contributed by atoms with E-state index in [2.05, 4.69) is 10.3 Å². The third kappa shape index (κ3) is 4.90. The maximum absolute atomic E-state index is 11.4. The molecule has 4 nitrogen and oxygen atoms in total. The van der Waals surface area contributed by atoms with Gasteiger partial charge >= 0.3 is 0 Å². The monoisotopic (exact) mass is 228 g/mol. The van der Waals surface area contributed by atoms with E-state index < -0.39 is 0 Å². The zero-order valence-electron chi connectivity index (χ0n) is 9.46. The van der Waals surface area contributed by atoms with Crippen molar-refractivity contribution in [2.45, 2.75) is 33.3 Å². The van der Waals surface area contributed by atoms with Gasteiger partial charge in [0.05, 0.1) is 5.60 Å². The lowest BCUT2D eigenvalue weighted by Gasteiger charge is -2.18. The number of amides is 1. The molecule has 0 fully saturated rings. The standard InChI is InChI=1S/C10H16N2O2S/c1-7-5-11-9(15-7)12-8(13)6-14-10(2,3)4/h5H,6H2,1-4H3,(H,11,12,13). The molecule has 0 radical (unpaired) electrons. The Kier molecular flexibility index (Phi) is 3.82. The van der Waals surface area contributed by atoms with Gasteiger partial charge in [-0.15, -0.1) is 11.3 Å². The van der Waals surface area contributed by atoms with Crippen LogP contribution in [-0.4, -0.2) is 23.1 Å². The van der Waals surface area contributed by atoms with E-state index in [1.54, 1.807) is 6.20 Å². The fourth-order valence-corrected chi connectivity index (χ4v) is 1.53. The molecule has 1 amide bonds. The minimum absolute atomic E-state index is 0.0577. The number of carbonyl (C=O) groups is 1.